The maximum absolute atomic E-state index is 12.6. The maximum atomic E-state index is 12.6. The number of nitrogens with two attached hydrogens (primary N) is 1. The minimum absolute atomic E-state index is 0.000143. The standard InChI is InChI=1S/C10H11F3N2O2S2/c11-10(12,13)7-1-2-9-8(3-7)6(5-18-9)4-15-19(14,16)17/h1-3,6,15H,4-5H2,(H2,14,16,17). The zero-order chi connectivity index (χ0) is 14.3. The highest BCUT2D eigenvalue weighted by Gasteiger charge is 2.33. The van der Waals surface area contributed by atoms with Crippen LogP contribution in [0.25, 0.3) is 0 Å². The van der Waals surface area contributed by atoms with Crippen LogP contribution in [-0.4, -0.2) is 20.7 Å². The first-order chi connectivity index (χ1) is 8.67. The van der Waals surface area contributed by atoms with Crippen LogP contribution in [0, 0.1) is 0 Å². The Labute approximate surface area is 112 Å². The molecule has 3 N–H and O–H groups in total. The number of alkyl halides is 3. The summed E-state index contributed by atoms with van der Waals surface area (Å²) >= 11 is 1.40. The molecule has 0 saturated heterocycles. The second-order valence-corrected chi connectivity index (χ2v) is 6.59. The molecule has 0 bridgehead atoms. The molecule has 1 aromatic carbocycles. The number of thioether (sulfide) groups is 1. The molecule has 1 unspecified atom stereocenters. The predicted octanol–water partition coefficient (Wildman–Crippen LogP) is 1.69. The van der Waals surface area contributed by atoms with Crippen LogP contribution in [0.2, 0.25) is 0 Å². The SMILES string of the molecule is NS(=O)(=O)NCC1CSc2ccc(C(F)(F)F)cc21. The first-order valence-electron chi connectivity index (χ1n) is 5.28. The Morgan fingerprint density at radius 2 is 2.11 bits per heavy atom. The van der Waals surface area contributed by atoms with Gasteiger partial charge in [-0.25, -0.2) is 9.86 Å². The average Bonchev–Trinajstić information content (AvgIpc) is 2.66. The molecule has 2 rings (SSSR count). The van der Waals surface area contributed by atoms with Gasteiger partial charge in [-0.1, -0.05) is 0 Å². The van der Waals surface area contributed by atoms with E-state index in [4.69, 9.17) is 5.14 Å². The molecular formula is C10H11F3N2O2S2. The highest BCUT2D eigenvalue weighted by atomic mass is 32.2. The van der Waals surface area contributed by atoms with Gasteiger partial charge in [0, 0.05) is 23.1 Å². The molecule has 19 heavy (non-hydrogen) atoms. The van der Waals surface area contributed by atoms with Gasteiger partial charge in [-0.05, 0) is 23.8 Å². The third kappa shape index (κ3) is 3.62. The van der Waals surface area contributed by atoms with E-state index in [-0.39, 0.29) is 12.5 Å². The fourth-order valence-corrected chi connectivity index (χ4v) is 3.51. The van der Waals surface area contributed by atoms with E-state index in [0.717, 1.165) is 17.0 Å². The molecular weight excluding hydrogens is 301 g/mol. The van der Waals surface area contributed by atoms with E-state index in [1.807, 2.05) is 0 Å². The lowest BCUT2D eigenvalue weighted by Crippen LogP contribution is -2.34. The summed E-state index contributed by atoms with van der Waals surface area (Å²) < 4.78 is 61.6. The fourth-order valence-electron chi connectivity index (χ4n) is 1.84. The van der Waals surface area contributed by atoms with Crippen molar-refractivity contribution < 1.29 is 21.6 Å². The van der Waals surface area contributed by atoms with Crippen LogP contribution in [0.5, 0.6) is 0 Å². The molecule has 106 valence electrons. The van der Waals surface area contributed by atoms with Crippen LogP contribution in [0.1, 0.15) is 17.0 Å². The summed E-state index contributed by atoms with van der Waals surface area (Å²) in [5, 5.41) is 4.81. The van der Waals surface area contributed by atoms with Crippen molar-refractivity contribution in [3.05, 3.63) is 29.3 Å². The second-order valence-electron chi connectivity index (χ2n) is 4.15. The van der Waals surface area contributed by atoms with Crippen LogP contribution in [-0.2, 0) is 16.4 Å². The van der Waals surface area contributed by atoms with Gasteiger partial charge < -0.3 is 0 Å². The normalized spacial score (nSPS) is 19.5. The zero-order valence-corrected chi connectivity index (χ0v) is 11.2. The smallest absolute Gasteiger partial charge is 0.216 e. The van der Waals surface area contributed by atoms with Crippen LogP contribution >= 0.6 is 11.8 Å². The van der Waals surface area contributed by atoms with Crippen molar-refractivity contribution in [2.45, 2.75) is 17.0 Å². The van der Waals surface area contributed by atoms with E-state index >= 15 is 0 Å². The summed E-state index contributed by atoms with van der Waals surface area (Å²) in [6.45, 7) is 0.000143. The fraction of sp³-hybridized carbons (Fsp3) is 0.400. The number of hydrogen-bond acceptors (Lipinski definition) is 3. The van der Waals surface area contributed by atoms with Crippen molar-refractivity contribution in [2.75, 3.05) is 12.3 Å². The van der Waals surface area contributed by atoms with Crippen LogP contribution in [0.4, 0.5) is 13.2 Å². The molecule has 0 aromatic heterocycles. The van der Waals surface area contributed by atoms with Gasteiger partial charge in [0.25, 0.3) is 10.2 Å². The zero-order valence-electron chi connectivity index (χ0n) is 9.57. The Balaban J connectivity index is 2.23. The Kier molecular flexibility index (Phi) is 3.83. The molecule has 1 aliphatic heterocycles. The Bertz CT molecular complexity index is 587. The summed E-state index contributed by atoms with van der Waals surface area (Å²) in [5.74, 6) is 0.222. The average molecular weight is 312 g/mol. The van der Waals surface area contributed by atoms with Crippen molar-refractivity contribution in [1.29, 1.82) is 0 Å². The molecule has 0 fully saturated rings. The minimum atomic E-state index is -4.40. The van der Waals surface area contributed by atoms with Gasteiger partial charge in [0.15, 0.2) is 0 Å². The molecule has 9 heteroatoms. The maximum Gasteiger partial charge on any atom is 0.416 e. The Morgan fingerprint density at radius 1 is 1.42 bits per heavy atom. The molecule has 0 radical (unpaired) electrons. The second kappa shape index (κ2) is 4.97. The molecule has 1 aromatic rings. The Hall–Kier alpha value is -0.770. The van der Waals surface area contributed by atoms with Crippen molar-refractivity contribution in [3.63, 3.8) is 0 Å². The number of benzene rings is 1. The largest absolute Gasteiger partial charge is 0.416 e. The lowest BCUT2D eigenvalue weighted by molar-refractivity contribution is -0.137. The van der Waals surface area contributed by atoms with Gasteiger partial charge in [0.05, 0.1) is 5.56 Å². The van der Waals surface area contributed by atoms with Crippen molar-refractivity contribution in [2.24, 2.45) is 5.14 Å². The number of hydrogen-bond donors (Lipinski definition) is 2. The van der Waals surface area contributed by atoms with Crippen LogP contribution < -0.4 is 9.86 Å². The summed E-state index contributed by atoms with van der Waals surface area (Å²) in [6.07, 6.45) is -4.40. The molecule has 1 aliphatic rings. The van der Waals surface area contributed by atoms with Crippen molar-refractivity contribution in [3.8, 4) is 0 Å². The molecule has 4 nitrogen and oxygen atoms in total. The number of rotatable bonds is 3. The third-order valence-electron chi connectivity index (χ3n) is 2.75. The van der Waals surface area contributed by atoms with Gasteiger partial charge >= 0.3 is 6.18 Å². The Morgan fingerprint density at radius 3 is 2.68 bits per heavy atom. The van der Waals surface area contributed by atoms with E-state index in [1.54, 1.807) is 0 Å². The van der Waals surface area contributed by atoms with E-state index in [9.17, 15) is 21.6 Å². The molecule has 0 amide bonds. The topological polar surface area (TPSA) is 72.2 Å². The monoisotopic (exact) mass is 312 g/mol. The number of halogens is 3. The number of nitrogens with one attached hydrogen (secondary N) is 1. The summed E-state index contributed by atoms with van der Waals surface area (Å²) in [6, 6.07) is 3.52. The van der Waals surface area contributed by atoms with Gasteiger partial charge in [-0.3, -0.25) is 0 Å². The first-order valence-corrected chi connectivity index (χ1v) is 7.81. The lowest BCUT2D eigenvalue weighted by Gasteiger charge is -2.13. The van der Waals surface area contributed by atoms with Crippen LogP contribution in [0.15, 0.2) is 23.1 Å². The number of fused-ring (bicyclic) bond motifs is 1. The van der Waals surface area contributed by atoms with Gasteiger partial charge in [0.1, 0.15) is 0 Å². The molecule has 1 atom stereocenters. The van der Waals surface area contributed by atoms with Gasteiger partial charge in [-0.2, -0.15) is 21.6 Å². The summed E-state index contributed by atoms with van der Waals surface area (Å²) in [5.41, 5.74) is -0.217. The highest BCUT2D eigenvalue weighted by molar-refractivity contribution is 7.99. The van der Waals surface area contributed by atoms with E-state index < -0.39 is 21.9 Å². The van der Waals surface area contributed by atoms with E-state index in [1.165, 1.54) is 17.8 Å². The van der Waals surface area contributed by atoms with E-state index in [0.29, 0.717) is 11.3 Å². The lowest BCUT2D eigenvalue weighted by atomic mass is 9.99. The van der Waals surface area contributed by atoms with E-state index in [2.05, 4.69) is 4.72 Å². The van der Waals surface area contributed by atoms with Crippen LogP contribution in [0.3, 0.4) is 0 Å². The molecule has 1 heterocycles. The molecule has 0 saturated carbocycles. The quantitative estimate of drug-likeness (QED) is 0.892. The van der Waals surface area contributed by atoms with Crippen molar-refractivity contribution in [1.82, 2.24) is 4.72 Å². The van der Waals surface area contributed by atoms with Crippen molar-refractivity contribution >= 4 is 22.0 Å². The van der Waals surface area contributed by atoms with Gasteiger partial charge in [-0.15, -0.1) is 11.8 Å². The van der Waals surface area contributed by atoms with Gasteiger partial charge in [0.2, 0.25) is 0 Å². The summed E-state index contributed by atoms with van der Waals surface area (Å²) in [4.78, 5) is 0.745. The molecule has 0 spiro atoms. The molecule has 0 aliphatic carbocycles. The third-order valence-corrected chi connectivity index (χ3v) is 4.57. The summed E-state index contributed by atoms with van der Waals surface area (Å²) in [7, 11) is -3.83. The predicted molar refractivity (Wildman–Crippen MR) is 66.0 cm³/mol. The highest BCUT2D eigenvalue weighted by Crippen LogP contribution is 2.42. The minimum Gasteiger partial charge on any atom is -0.216 e. The first kappa shape index (κ1) is 14.6.